The smallest absolute Gasteiger partial charge is 0.378 e. The monoisotopic (exact) mass is 246 g/mol. The molecule has 0 spiro atoms. The van der Waals surface area contributed by atoms with Gasteiger partial charge in [0.05, 0.1) is 6.61 Å². The van der Waals surface area contributed by atoms with Gasteiger partial charge in [-0.25, -0.2) is 14.5 Å². The van der Waals surface area contributed by atoms with Crippen molar-refractivity contribution in [3.63, 3.8) is 0 Å². The number of ether oxygens (including phenoxy) is 1. The van der Waals surface area contributed by atoms with Gasteiger partial charge in [0.2, 0.25) is 0 Å². The van der Waals surface area contributed by atoms with E-state index in [1.54, 1.807) is 24.9 Å². The number of carbonyl (C=O) groups is 1. The summed E-state index contributed by atoms with van der Waals surface area (Å²) in [6.07, 6.45) is 1.71. The van der Waals surface area contributed by atoms with Crippen LogP contribution in [0.2, 0.25) is 0 Å². The van der Waals surface area contributed by atoms with Gasteiger partial charge in [0.25, 0.3) is 5.82 Å². The summed E-state index contributed by atoms with van der Waals surface area (Å²) in [5.41, 5.74) is 1.69. The predicted octanol–water partition coefficient (Wildman–Crippen LogP) is 1.36. The van der Waals surface area contributed by atoms with E-state index >= 15 is 0 Å². The topological polar surface area (TPSA) is 69.9 Å². The maximum Gasteiger partial charge on any atom is 0.378 e. The van der Waals surface area contributed by atoms with Crippen LogP contribution in [0.15, 0.2) is 18.3 Å². The molecule has 0 radical (unpaired) electrons. The molecule has 0 aliphatic rings. The van der Waals surface area contributed by atoms with Crippen LogP contribution in [0.4, 0.5) is 0 Å². The van der Waals surface area contributed by atoms with Crippen molar-refractivity contribution < 1.29 is 9.53 Å². The van der Waals surface area contributed by atoms with Crippen LogP contribution in [-0.2, 0) is 11.8 Å². The van der Waals surface area contributed by atoms with E-state index in [9.17, 15) is 4.79 Å². The van der Waals surface area contributed by atoms with Crippen LogP contribution >= 0.6 is 0 Å². The fraction of sp³-hybridized carbons (Fsp3) is 0.333. The number of pyridine rings is 1. The SMILES string of the molecule is CCOC(=O)c1nc(-c2cccnc2C)n(C)n1. The summed E-state index contributed by atoms with van der Waals surface area (Å²) in [7, 11) is 1.73. The first kappa shape index (κ1) is 12.2. The summed E-state index contributed by atoms with van der Waals surface area (Å²) in [6.45, 7) is 3.93. The van der Waals surface area contributed by atoms with E-state index in [0.29, 0.717) is 12.4 Å². The highest BCUT2D eigenvalue weighted by molar-refractivity contribution is 5.85. The number of aryl methyl sites for hydroxylation is 2. The number of hydrogen-bond donors (Lipinski definition) is 0. The fourth-order valence-electron chi connectivity index (χ4n) is 1.62. The Hall–Kier alpha value is -2.24. The van der Waals surface area contributed by atoms with E-state index in [2.05, 4.69) is 15.1 Å². The van der Waals surface area contributed by atoms with Crippen molar-refractivity contribution in [2.75, 3.05) is 6.61 Å². The molecule has 2 rings (SSSR count). The van der Waals surface area contributed by atoms with Crippen LogP contribution in [0.25, 0.3) is 11.4 Å². The van der Waals surface area contributed by atoms with Crippen LogP contribution in [0.1, 0.15) is 23.2 Å². The highest BCUT2D eigenvalue weighted by atomic mass is 16.5. The molecular weight excluding hydrogens is 232 g/mol. The van der Waals surface area contributed by atoms with Gasteiger partial charge in [-0.05, 0) is 26.0 Å². The fourth-order valence-corrected chi connectivity index (χ4v) is 1.62. The molecule has 0 aromatic carbocycles. The molecule has 0 saturated heterocycles. The van der Waals surface area contributed by atoms with Crippen molar-refractivity contribution in [1.29, 1.82) is 0 Å². The van der Waals surface area contributed by atoms with E-state index < -0.39 is 5.97 Å². The minimum Gasteiger partial charge on any atom is -0.460 e. The number of aromatic nitrogens is 4. The normalized spacial score (nSPS) is 10.4. The average Bonchev–Trinajstić information content (AvgIpc) is 2.72. The number of nitrogens with zero attached hydrogens (tertiary/aromatic N) is 4. The van der Waals surface area contributed by atoms with Crippen LogP contribution in [0, 0.1) is 6.92 Å². The minimum absolute atomic E-state index is 0.0672. The van der Waals surface area contributed by atoms with Gasteiger partial charge in [-0.15, -0.1) is 5.10 Å². The van der Waals surface area contributed by atoms with Crippen molar-refractivity contribution in [1.82, 2.24) is 19.7 Å². The molecule has 0 aliphatic carbocycles. The summed E-state index contributed by atoms with van der Waals surface area (Å²) in [5.74, 6) is 0.155. The Morgan fingerprint density at radius 2 is 2.28 bits per heavy atom. The Balaban J connectivity index is 2.42. The second-order valence-electron chi connectivity index (χ2n) is 3.74. The van der Waals surface area contributed by atoms with Crippen molar-refractivity contribution in [3.8, 4) is 11.4 Å². The van der Waals surface area contributed by atoms with Gasteiger partial charge in [-0.3, -0.25) is 4.98 Å². The molecule has 0 saturated carbocycles. The zero-order valence-electron chi connectivity index (χ0n) is 10.5. The molecule has 0 aliphatic heterocycles. The minimum atomic E-state index is -0.513. The average molecular weight is 246 g/mol. The second-order valence-corrected chi connectivity index (χ2v) is 3.74. The molecule has 6 heteroatoms. The predicted molar refractivity (Wildman–Crippen MR) is 64.9 cm³/mol. The Kier molecular flexibility index (Phi) is 3.36. The van der Waals surface area contributed by atoms with Crippen LogP contribution in [-0.4, -0.2) is 32.3 Å². The first-order valence-corrected chi connectivity index (χ1v) is 5.63. The van der Waals surface area contributed by atoms with E-state index in [0.717, 1.165) is 11.3 Å². The van der Waals surface area contributed by atoms with Gasteiger partial charge in [0, 0.05) is 24.5 Å². The maximum atomic E-state index is 11.6. The molecular formula is C12H14N4O2. The third-order valence-corrected chi connectivity index (χ3v) is 2.47. The summed E-state index contributed by atoms with van der Waals surface area (Å²) < 4.78 is 6.42. The third kappa shape index (κ3) is 2.22. The number of hydrogen-bond acceptors (Lipinski definition) is 5. The third-order valence-electron chi connectivity index (χ3n) is 2.47. The van der Waals surface area contributed by atoms with Crippen molar-refractivity contribution in [3.05, 3.63) is 29.8 Å². The van der Waals surface area contributed by atoms with E-state index in [-0.39, 0.29) is 5.82 Å². The first-order chi connectivity index (χ1) is 8.63. The van der Waals surface area contributed by atoms with Gasteiger partial charge in [0.1, 0.15) is 0 Å². The van der Waals surface area contributed by atoms with Crippen molar-refractivity contribution in [2.45, 2.75) is 13.8 Å². The molecule has 94 valence electrons. The van der Waals surface area contributed by atoms with Gasteiger partial charge >= 0.3 is 5.97 Å². The van der Waals surface area contributed by atoms with Crippen molar-refractivity contribution >= 4 is 5.97 Å². The van der Waals surface area contributed by atoms with E-state index in [4.69, 9.17) is 4.74 Å². The Morgan fingerprint density at radius 3 is 2.94 bits per heavy atom. The summed E-state index contributed by atoms with van der Waals surface area (Å²) in [6, 6.07) is 3.71. The molecule has 2 heterocycles. The Bertz CT molecular complexity index is 577. The van der Waals surface area contributed by atoms with Crippen LogP contribution < -0.4 is 0 Å². The summed E-state index contributed by atoms with van der Waals surface area (Å²) in [4.78, 5) is 19.9. The molecule has 2 aromatic rings. The second kappa shape index (κ2) is 4.95. The molecule has 0 unspecified atom stereocenters. The molecule has 0 amide bonds. The quantitative estimate of drug-likeness (QED) is 0.765. The lowest BCUT2D eigenvalue weighted by Gasteiger charge is -2.02. The molecule has 6 nitrogen and oxygen atoms in total. The first-order valence-electron chi connectivity index (χ1n) is 5.63. The van der Waals surface area contributed by atoms with Gasteiger partial charge in [-0.2, -0.15) is 0 Å². The lowest BCUT2D eigenvalue weighted by atomic mass is 10.2. The summed E-state index contributed by atoms with van der Waals surface area (Å²) >= 11 is 0. The van der Waals surface area contributed by atoms with Crippen LogP contribution in [0.3, 0.4) is 0 Å². The number of carbonyl (C=O) groups excluding carboxylic acids is 1. The number of esters is 1. The zero-order valence-corrected chi connectivity index (χ0v) is 10.5. The van der Waals surface area contributed by atoms with Crippen LogP contribution in [0.5, 0.6) is 0 Å². The van der Waals surface area contributed by atoms with Crippen molar-refractivity contribution in [2.24, 2.45) is 7.05 Å². The zero-order chi connectivity index (χ0) is 13.1. The molecule has 0 bridgehead atoms. The standard InChI is InChI=1S/C12H14N4O2/c1-4-18-12(17)10-14-11(16(3)15-10)9-6-5-7-13-8(9)2/h5-7H,4H2,1-3H3. The molecule has 18 heavy (non-hydrogen) atoms. The lowest BCUT2D eigenvalue weighted by Crippen LogP contribution is -2.07. The Labute approximate surface area is 105 Å². The van der Waals surface area contributed by atoms with E-state index in [1.807, 2.05) is 19.1 Å². The van der Waals surface area contributed by atoms with Gasteiger partial charge in [0.15, 0.2) is 5.82 Å². The highest BCUT2D eigenvalue weighted by Crippen LogP contribution is 2.19. The number of rotatable bonds is 3. The molecule has 2 aromatic heterocycles. The summed E-state index contributed by atoms with van der Waals surface area (Å²) in [5, 5.41) is 4.05. The maximum absolute atomic E-state index is 11.6. The largest absolute Gasteiger partial charge is 0.460 e. The highest BCUT2D eigenvalue weighted by Gasteiger charge is 2.17. The van der Waals surface area contributed by atoms with Gasteiger partial charge in [-0.1, -0.05) is 0 Å². The molecule has 0 fully saturated rings. The molecule has 0 atom stereocenters. The molecule has 0 N–H and O–H groups in total. The van der Waals surface area contributed by atoms with E-state index in [1.165, 1.54) is 0 Å². The Morgan fingerprint density at radius 1 is 1.50 bits per heavy atom. The lowest BCUT2D eigenvalue weighted by molar-refractivity contribution is 0.0512. The van der Waals surface area contributed by atoms with Gasteiger partial charge < -0.3 is 4.74 Å².